The molecule has 0 aliphatic heterocycles. The number of furan rings is 1. The zero-order valence-corrected chi connectivity index (χ0v) is 11.4. The third-order valence-corrected chi connectivity index (χ3v) is 3.31. The Morgan fingerprint density at radius 1 is 1.19 bits per heavy atom. The zero-order valence-electron chi connectivity index (χ0n) is 11.4. The number of rotatable bonds is 4. The molecule has 0 spiro atoms. The van der Waals surface area contributed by atoms with Gasteiger partial charge in [0.25, 0.3) is 0 Å². The van der Waals surface area contributed by atoms with Gasteiger partial charge in [-0.25, -0.2) is 4.79 Å². The second-order valence-electron chi connectivity index (χ2n) is 4.57. The normalized spacial score (nSPS) is 10.7. The minimum Gasteiger partial charge on any atom is -0.464 e. The molecule has 3 aromatic rings. The van der Waals surface area contributed by atoms with Crippen molar-refractivity contribution in [3.8, 4) is 0 Å². The highest BCUT2D eigenvalue weighted by Crippen LogP contribution is 2.22. The molecule has 3 rings (SSSR count). The minimum atomic E-state index is -0.498. The molecule has 0 unspecified atom stereocenters. The Bertz CT molecular complexity index is 798. The van der Waals surface area contributed by atoms with Crippen LogP contribution in [0.4, 0.5) is 0 Å². The lowest BCUT2D eigenvalue weighted by Gasteiger charge is -2.08. The number of nitrogens with zero attached hydrogens (tertiary/aromatic N) is 1. The van der Waals surface area contributed by atoms with E-state index in [4.69, 9.17) is 9.15 Å². The fourth-order valence-corrected chi connectivity index (χ4v) is 2.28. The van der Waals surface area contributed by atoms with Crippen LogP contribution in [-0.4, -0.2) is 23.4 Å². The van der Waals surface area contributed by atoms with Crippen LogP contribution in [-0.2, 0) is 11.3 Å². The summed E-state index contributed by atoms with van der Waals surface area (Å²) in [4.78, 5) is 24.2. The third kappa shape index (κ3) is 2.33. The Balaban J connectivity index is 2.01. The summed E-state index contributed by atoms with van der Waals surface area (Å²) in [7, 11) is 1.31. The third-order valence-electron chi connectivity index (χ3n) is 3.31. The Labute approximate surface area is 120 Å². The molecule has 0 atom stereocenters. The molecular weight excluding hydrogens is 270 g/mol. The molecule has 0 saturated heterocycles. The number of ether oxygens (including phenoxy) is 1. The number of methoxy groups -OCH3 is 1. The minimum absolute atomic E-state index is 0.0531. The van der Waals surface area contributed by atoms with E-state index in [2.05, 4.69) is 0 Å². The van der Waals surface area contributed by atoms with Crippen LogP contribution in [0.5, 0.6) is 0 Å². The average Bonchev–Trinajstić information content (AvgIpc) is 3.10. The predicted molar refractivity (Wildman–Crippen MR) is 76.3 cm³/mol. The van der Waals surface area contributed by atoms with Gasteiger partial charge in [-0.1, -0.05) is 30.3 Å². The summed E-state index contributed by atoms with van der Waals surface area (Å²) in [5.41, 5.74) is 2.14. The number of fused-ring (bicyclic) bond motifs is 1. The molecule has 0 aliphatic rings. The number of ketones is 1. The highest BCUT2D eigenvalue weighted by atomic mass is 16.5. The van der Waals surface area contributed by atoms with E-state index in [1.165, 1.54) is 13.4 Å². The van der Waals surface area contributed by atoms with Crippen LogP contribution >= 0.6 is 0 Å². The summed E-state index contributed by atoms with van der Waals surface area (Å²) < 4.78 is 11.6. The Kier molecular flexibility index (Phi) is 3.31. The molecule has 0 saturated carbocycles. The molecule has 0 fully saturated rings. The van der Waals surface area contributed by atoms with Crippen LogP contribution in [0, 0.1) is 0 Å². The molecule has 0 aliphatic carbocycles. The van der Waals surface area contributed by atoms with Crippen LogP contribution in [0.1, 0.15) is 20.8 Å². The monoisotopic (exact) mass is 283 g/mol. The summed E-state index contributed by atoms with van der Waals surface area (Å²) >= 11 is 0. The van der Waals surface area contributed by atoms with Gasteiger partial charge in [-0.15, -0.1) is 0 Å². The number of carbonyl (C=O) groups is 2. The van der Waals surface area contributed by atoms with Gasteiger partial charge in [-0.3, -0.25) is 4.79 Å². The van der Waals surface area contributed by atoms with Crippen LogP contribution in [0.2, 0.25) is 0 Å². The molecule has 0 bridgehead atoms. The first kappa shape index (κ1) is 13.2. The number of esters is 1. The lowest BCUT2D eigenvalue weighted by molar-refractivity contribution is 0.0589. The lowest BCUT2D eigenvalue weighted by atomic mass is 10.1. The van der Waals surface area contributed by atoms with Crippen molar-refractivity contribution in [3.63, 3.8) is 0 Å². The van der Waals surface area contributed by atoms with Gasteiger partial charge < -0.3 is 13.7 Å². The summed E-state index contributed by atoms with van der Waals surface area (Å²) in [6, 6.07) is 12.3. The second-order valence-corrected chi connectivity index (χ2v) is 4.57. The van der Waals surface area contributed by atoms with Gasteiger partial charge >= 0.3 is 5.97 Å². The average molecular weight is 283 g/mol. The summed E-state index contributed by atoms with van der Waals surface area (Å²) in [6.07, 6.45) is 1.52. The topological polar surface area (TPSA) is 61.4 Å². The summed E-state index contributed by atoms with van der Waals surface area (Å²) in [5, 5.41) is 0. The van der Waals surface area contributed by atoms with Crippen molar-refractivity contribution < 1.29 is 18.7 Å². The summed E-state index contributed by atoms with van der Waals surface area (Å²) in [5.74, 6) is -0.582. The summed E-state index contributed by atoms with van der Waals surface area (Å²) in [6.45, 7) is 0.0531. The van der Waals surface area contributed by atoms with Gasteiger partial charge in [-0.2, -0.15) is 0 Å². The van der Waals surface area contributed by atoms with E-state index in [1.54, 1.807) is 41.0 Å². The van der Waals surface area contributed by atoms with Crippen molar-refractivity contribution >= 4 is 22.9 Å². The maximum Gasteiger partial charge on any atom is 0.354 e. The molecule has 0 N–H and O–H groups in total. The van der Waals surface area contributed by atoms with Crippen LogP contribution in [0.3, 0.4) is 0 Å². The van der Waals surface area contributed by atoms with Gasteiger partial charge in [0, 0.05) is 17.7 Å². The lowest BCUT2D eigenvalue weighted by Crippen LogP contribution is -2.16. The smallest absolute Gasteiger partial charge is 0.354 e. The highest BCUT2D eigenvalue weighted by molar-refractivity contribution is 5.99. The van der Waals surface area contributed by atoms with E-state index < -0.39 is 5.97 Å². The largest absolute Gasteiger partial charge is 0.464 e. The molecule has 5 nitrogen and oxygen atoms in total. The first-order valence-electron chi connectivity index (χ1n) is 6.44. The van der Waals surface area contributed by atoms with Gasteiger partial charge in [0.05, 0.1) is 25.4 Å². The van der Waals surface area contributed by atoms with Crippen molar-refractivity contribution in [3.05, 3.63) is 60.0 Å². The van der Waals surface area contributed by atoms with E-state index in [0.717, 1.165) is 0 Å². The fraction of sp³-hybridized carbons (Fsp3) is 0.125. The Morgan fingerprint density at radius 3 is 2.67 bits per heavy atom. The molecule has 2 aromatic heterocycles. The maximum atomic E-state index is 12.3. The van der Waals surface area contributed by atoms with Crippen LogP contribution < -0.4 is 0 Å². The first-order valence-corrected chi connectivity index (χ1v) is 6.44. The number of aromatic nitrogens is 1. The van der Waals surface area contributed by atoms with Crippen molar-refractivity contribution in [1.29, 1.82) is 0 Å². The van der Waals surface area contributed by atoms with Crippen LogP contribution in [0.25, 0.3) is 11.1 Å². The number of benzene rings is 1. The molecule has 0 radical (unpaired) electrons. The molecule has 21 heavy (non-hydrogen) atoms. The first-order chi connectivity index (χ1) is 10.2. The molecule has 1 aromatic carbocycles. The molecule has 106 valence electrons. The quantitative estimate of drug-likeness (QED) is 0.545. The second kappa shape index (κ2) is 5.28. The van der Waals surface area contributed by atoms with Gasteiger partial charge in [0.2, 0.25) is 0 Å². The highest BCUT2D eigenvalue weighted by Gasteiger charge is 2.20. The van der Waals surface area contributed by atoms with Crippen LogP contribution in [0.15, 0.2) is 53.1 Å². The van der Waals surface area contributed by atoms with Gasteiger partial charge in [0.15, 0.2) is 11.4 Å². The van der Waals surface area contributed by atoms with E-state index in [9.17, 15) is 9.59 Å². The van der Waals surface area contributed by atoms with Crippen molar-refractivity contribution in [2.45, 2.75) is 6.54 Å². The Morgan fingerprint density at radius 2 is 1.95 bits per heavy atom. The van der Waals surface area contributed by atoms with E-state index in [-0.39, 0.29) is 12.3 Å². The molecule has 5 heteroatoms. The SMILES string of the molecule is COC(=O)c1cc2occc2n1CC(=O)c1ccccc1. The van der Waals surface area contributed by atoms with Crippen molar-refractivity contribution in [2.24, 2.45) is 0 Å². The number of hydrogen-bond acceptors (Lipinski definition) is 4. The van der Waals surface area contributed by atoms with E-state index in [0.29, 0.717) is 22.4 Å². The fourth-order valence-electron chi connectivity index (χ4n) is 2.28. The van der Waals surface area contributed by atoms with E-state index in [1.807, 2.05) is 6.07 Å². The number of hydrogen-bond donors (Lipinski definition) is 0. The number of carbonyl (C=O) groups excluding carboxylic acids is 2. The van der Waals surface area contributed by atoms with Crippen molar-refractivity contribution in [2.75, 3.05) is 7.11 Å². The van der Waals surface area contributed by atoms with E-state index >= 15 is 0 Å². The maximum absolute atomic E-state index is 12.3. The van der Waals surface area contributed by atoms with Gasteiger partial charge in [0.1, 0.15) is 5.69 Å². The van der Waals surface area contributed by atoms with Gasteiger partial charge in [-0.05, 0) is 0 Å². The number of Topliss-reactive ketones (excluding diaryl/α,β-unsaturated/α-hetero) is 1. The zero-order chi connectivity index (χ0) is 14.8. The Hall–Kier alpha value is -2.82. The molecular formula is C16H13NO4. The van der Waals surface area contributed by atoms with Crippen molar-refractivity contribution in [1.82, 2.24) is 4.57 Å². The standard InChI is InChI=1S/C16H13NO4/c1-20-16(19)13-9-15-12(7-8-21-15)17(13)10-14(18)11-5-3-2-4-6-11/h2-9H,10H2,1H3. The predicted octanol–water partition coefficient (Wildman–Crippen LogP) is 2.90. The molecule has 0 amide bonds. The molecule has 2 heterocycles.